The molecule has 1 aliphatic rings. The molecular formula is C21H23N3O4. The lowest BCUT2D eigenvalue weighted by atomic mass is 10.1. The van der Waals surface area contributed by atoms with E-state index in [1.165, 1.54) is 18.2 Å². The van der Waals surface area contributed by atoms with Crippen LogP contribution in [0.1, 0.15) is 46.4 Å². The van der Waals surface area contributed by atoms with Crippen LogP contribution in [-0.2, 0) is 0 Å². The number of carbonyl (C=O) groups is 3. The predicted molar refractivity (Wildman–Crippen MR) is 107 cm³/mol. The smallest absolute Gasteiger partial charge is 0.335 e. The quantitative estimate of drug-likeness (QED) is 0.744. The van der Waals surface area contributed by atoms with Crippen molar-refractivity contribution in [2.45, 2.75) is 25.7 Å². The van der Waals surface area contributed by atoms with Gasteiger partial charge in [0, 0.05) is 30.0 Å². The molecule has 1 fully saturated rings. The van der Waals surface area contributed by atoms with E-state index in [0.29, 0.717) is 11.4 Å². The molecule has 0 atom stereocenters. The number of benzene rings is 2. The van der Waals surface area contributed by atoms with Crippen LogP contribution in [0.15, 0.2) is 48.5 Å². The van der Waals surface area contributed by atoms with E-state index in [4.69, 9.17) is 5.11 Å². The molecular weight excluding hydrogens is 358 g/mol. The summed E-state index contributed by atoms with van der Waals surface area (Å²) in [6.07, 6.45) is 4.38. The molecule has 0 unspecified atom stereocenters. The molecule has 1 aliphatic heterocycles. The molecule has 0 aromatic heterocycles. The van der Waals surface area contributed by atoms with Gasteiger partial charge in [0.15, 0.2) is 0 Å². The first kappa shape index (κ1) is 19.4. The molecule has 2 aromatic rings. The Morgan fingerprint density at radius 2 is 1.36 bits per heavy atom. The van der Waals surface area contributed by atoms with Crippen molar-refractivity contribution in [3.05, 3.63) is 59.7 Å². The zero-order valence-electron chi connectivity index (χ0n) is 15.5. The highest BCUT2D eigenvalue weighted by molar-refractivity contribution is 6.05. The summed E-state index contributed by atoms with van der Waals surface area (Å²) in [4.78, 5) is 37.5. The second-order valence-electron chi connectivity index (χ2n) is 6.75. The zero-order valence-corrected chi connectivity index (χ0v) is 15.5. The highest BCUT2D eigenvalue weighted by Crippen LogP contribution is 2.17. The fourth-order valence-electron chi connectivity index (χ4n) is 3.11. The number of urea groups is 1. The minimum Gasteiger partial charge on any atom is -0.478 e. The molecule has 0 spiro atoms. The Kier molecular flexibility index (Phi) is 6.26. The van der Waals surface area contributed by atoms with Crippen LogP contribution in [0.3, 0.4) is 0 Å². The Labute approximate surface area is 163 Å². The monoisotopic (exact) mass is 381 g/mol. The summed E-state index contributed by atoms with van der Waals surface area (Å²) in [5.41, 5.74) is 1.52. The number of nitrogens with one attached hydrogen (secondary N) is 2. The van der Waals surface area contributed by atoms with Crippen LogP contribution in [0.4, 0.5) is 16.2 Å². The van der Waals surface area contributed by atoms with Gasteiger partial charge in [-0.05, 0) is 55.3 Å². The number of likely N-dealkylation sites (tertiary alicyclic amines) is 1. The van der Waals surface area contributed by atoms with Gasteiger partial charge in [-0.15, -0.1) is 0 Å². The lowest BCUT2D eigenvalue weighted by molar-refractivity contribution is 0.0697. The third-order valence-corrected chi connectivity index (χ3v) is 4.66. The van der Waals surface area contributed by atoms with Crippen molar-refractivity contribution in [1.29, 1.82) is 0 Å². The largest absolute Gasteiger partial charge is 0.478 e. The van der Waals surface area contributed by atoms with Gasteiger partial charge < -0.3 is 20.6 Å². The molecule has 1 saturated heterocycles. The number of carboxylic acids is 1. The van der Waals surface area contributed by atoms with Crippen molar-refractivity contribution >= 4 is 29.3 Å². The third kappa shape index (κ3) is 5.09. The first-order valence-corrected chi connectivity index (χ1v) is 9.33. The van der Waals surface area contributed by atoms with Crippen molar-refractivity contribution in [2.24, 2.45) is 0 Å². The van der Waals surface area contributed by atoms with Crippen molar-refractivity contribution in [2.75, 3.05) is 23.7 Å². The van der Waals surface area contributed by atoms with Gasteiger partial charge in [-0.1, -0.05) is 18.9 Å². The van der Waals surface area contributed by atoms with E-state index in [9.17, 15) is 14.4 Å². The maximum Gasteiger partial charge on any atom is 0.335 e. The normalized spacial score (nSPS) is 14.1. The average Bonchev–Trinajstić information content (AvgIpc) is 2.99. The number of anilines is 2. The summed E-state index contributed by atoms with van der Waals surface area (Å²) >= 11 is 0. The van der Waals surface area contributed by atoms with E-state index in [1.807, 2.05) is 4.90 Å². The minimum absolute atomic E-state index is 0.0548. The number of amides is 3. The summed E-state index contributed by atoms with van der Waals surface area (Å²) in [5, 5.41) is 14.6. The maximum atomic E-state index is 12.4. The Bertz CT molecular complexity index is 856. The Balaban J connectivity index is 1.59. The first-order chi connectivity index (χ1) is 13.5. The number of aromatic carboxylic acids is 1. The van der Waals surface area contributed by atoms with Gasteiger partial charge in [0.2, 0.25) is 0 Å². The molecule has 146 valence electrons. The van der Waals surface area contributed by atoms with Crippen molar-refractivity contribution in [1.82, 2.24) is 4.90 Å². The molecule has 3 rings (SSSR count). The van der Waals surface area contributed by atoms with Crippen molar-refractivity contribution in [3.8, 4) is 0 Å². The van der Waals surface area contributed by atoms with Gasteiger partial charge in [0.1, 0.15) is 0 Å². The van der Waals surface area contributed by atoms with Gasteiger partial charge in [-0.25, -0.2) is 9.59 Å². The number of carboxylic acid groups (broad SMARTS) is 1. The molecule has 0 aliphatic carbocycles. The molecule has 7 heteroatoms. The molecule has 0 radical (unpaired) electrons. The number of nitrogens with zero attached hydrogens (tertiary/aromatic N) is 1. The average molecular weight is 381 g/mol. The third-order valence-electron chi connectivity index (χ3n) is 4.66. The Hall–Kier alpha value is -3.35. The Morgan fingerprint density at radius 1 is 0.786 bits per heavy atom. The second kappa shape index (κ2) is 9.03. The standard InChI is InChI=1S/C21H23N3O4/c25-19(15-6-5-7-16(14-15)20(26)27)22-17-8-10-18(11-9-17)23-21(28)24-12-3-1-2-4-13-24/h5-11,14H,1-4,12-13H2,(H,22,25)(H,23,28)(H,26,27). The molecule has 3 amide bonds. The van der Waals surface area contributed by atoms with Crippen LogP contribution in [0, 0.1) is 0 Å². The highest BCUT2D eigenvalue weighted by Gasteiger charge is 2.15. The van der Waals surface area contributed by atoms with Gasteiger partial charge >= 0.3 is 12.0 Å². The van der Waals surface area contributed by atoms with Crippen LogP contribution in [0.25, 0.3) is 0 Å². The number of hydrogen-bond donors (Lipinski definition) is 3. The first-order valence-electron chi connectivity index (χ1n) is 9.33. The topological polar surface area (TPSA) is 98.7 Å². The zero-order chi connectivity index (χ0) is 19.9. The summed E-state index contributed by atoms with van der Waals surface area (Å²) in [5.74, 6) is -1.48. The number of rotatable bonds is 4. The molecule has 2 aromatic carbocycles. The van der Waals surface area contributed by atoms with Crippen molar-refractivity contribution in [3.63, 3.8) is 0 Å². The van der Waals surface area contributed by atoms with Gasteiger partial charge in [0.05, 0.1) is 5.56 Å². The lowest BCUT2D eigenvalue weighted by Crippen LogP contribution is -2.35. The fourth-order valence-corrected chi connectivity index (χ4v) is 3.11. The molecule has 0 bridgehead atoms. The van der Waals surface area contributed by atoms with E-state index < -0.39 is 11.9 Å². The summed E-state index contributed by atoms with van der Waals surface area (Å²) in [6.45, 7) is 1.55. The fraction of sp³-hybridized carbons (Fsp3) is 0.286. The van der Waals surface area contributed by atoms with E-state index in [0.717, 1.165) is 38.8 Å². The molecule has 1 heterocycles. The minimum atomic E-state index is -1.08. The Morgan fingerprint density at radius 3 is 1.96 bits per heavy atom. The SMILES string of the molecule is O=C(O)c1cccc(C(=O)Nc2ccc(NC(=O)N3CCCCCC3)cc2)c1. The summed E-state index contributed by atoms with van der Waals surface area (Å²) in [7, 11) is 0. The number of hydrogen-bond acceptors (Lipinski definition) is 3. The number of carbonyl (C=O) groups excluding carboxylic acids is 2. The van der Waals surface area contributed by atoms with E-state index in [-0.39, 0.29) is 17.2 Å². The van der Waals surface area contributed by atoms with E-state index in [2.05, 4.69) is 10.6 Å². The van der Waals surface area contributed by atoms with Crippen LogP contribution < -0.4 is 10.6 Å². The van der Waals surface area contributed by atoms with Gasteiger partial charge in [-0.2, -0.15) is 0 Å². The molecule has 0 saturated carbocycles. The maximum absolute atomic E-state index is 12.4. The van der Waals surface area contributed by atoms with Gasteiger partial charge in [-0.3, -0.25) is 4.79 Å². The molecule has 3 N–H and O–H groups in total. The van der Waals surface area contributed by atoms with E-state index in [1.54, 1.807) is 30.3 Å². The van der Waals surface area contributed by atoms with Crippen LogP contribution in [-0.4, -0.2) is 41.0 Å². The van der Waals surface area contributed by atoms with Crippen LogP contribution >= 0.6 is 0 Å². The predicted octanol–water partition coefficient (Wildman–Crippen LogP) is 4.05. The lowest BCUT2D eigenvalue weighted by Gasteiger charge is -2.20. The second-order valence-corrected chi connectivity index (χ2v) is 6.75. The summed E-state index contributed by atoms with van der Waals surface area (Å²) < 4.78 is 0. The molecule has 7 nitrogen and oxygen atoms in total. The van der Waals surface area contributed by atoms with Crippen LogP contribution in [0.2, 0.25) is 0 Å². The highest BCUT2D eigenvalue weighted by atomic mass is 16.4. The van der Waals surface area contributed by atoms with Crippen LogP contribution in [0.5, 0.6) is 0 Å². The van der Waals surface area contributed by atoms with Gasteiger partial charge in [0.25, 0.3) is 5.91 Å². The summed E-state index contributed by atoms with van der Waals surface area (Å²) in [6, 6.07) is 12.6. The van der Waals surface area contributed by atoms with Crippen molar-refractivity contribution < 1.29 is 19.5 Å². The van der Waals surface area contributed by atoms with E-state index >= 15 is 0 Å². The molecule has 28 heavy (non-hydrogen) atoms.